The van der Waals surface area contributed by atoms with E-state index in [2.05, 4.69) is 49.2 Å². The highest BCUT2D eigenvalue weighted by molar-refractivity contribution is 7.99. The lowest BCUT2D eigenvalue weighted by Crippen LogP contribution is -2.36. The molecular weight excluding hydrogens is 432 g/mol. The van der Waals surface area contributed by atoms with Gasteiger partial charge in [0, 0.05) is 23.8 Å². The highest BCUT2D eigenvalue weighted by Crippen LogP contribution is 2.45. The summed E-state index contributed by atoms with van der Waals surface area (Å²) in [6, 6.07) is 12.3. The monoisotopic (exact) mass is 462 g/mol. The fourth-order valence-electron chi connectivity index (χ4n) is 4.04. The number of rotatable bonds is 5. The van der Waals surface area contributed by atoms with Crippen molar-refractivity contribution in [2.24, 2.45) is 5.92 Å². The third-order valence-electron chi connectivity index (χ3n) is 5.59. The number of fused-ring (bicyclic) bond motifs is 3. The Kier molecular flexibility index (Phi) is 6.70. The van der Waals surface area contributed by atoms with Crippen LogP contribution in [0.2, 0.25) is 0 Å². The van der Waals surface area contributed by atoms with E-state index in [4.69, 9.17) is 9.72 Å². The standard InChI is InChI=1S/C26H30N4O2S/c1-7-19-8-10-20(11-9-19)25-30(18(6)31)23-17(5)12-16(4)13-21(23)22-24(32-25)27-26(29-28-22)33-14-15(2)3/h8-13,15,25H,7,14H2,1-6H3/t25-/m0/s1. The number of carbonyl (C=O) groups excluding carboxylic acids is 1. The summed E-state index contributed by atoms with van der Waals surface area (Å²) in [4.78, 5) is 19.5. The van der Waals surface area contributed by atoms with E-state index in [-0.39, 0.29) is 5.91 Å². The molecule has 3 aromatic rings. The molecule has 6 nitrogen and oxygen atoms in total. The second kappa shape index (κ2) is 9.51. The number of hydrogen-bond acceptors (Lipinski definition) is 6. The molecule has 1 amide bonds. The Morgan fingerprint density at radius 1 is 1.15 bits per heavy atom. The van der Waals surface area contributed by atoms with Crippen molar-refractivity contribution >= 4 is 23.4 Å². The highest BCUT2D eigenvalue weighted by Gasteiger charge is 2.35. The van der Waals surface area contributed by atoms with Crippen molar-refractivity contribution < 1.29 is 9.53 Å². The van der Waals surface area contributed by atoms with Crippen LogP contribution in [0.4, 0.5) is 5.69 Å². The van der Waals surface area contributed by atoms with Crippen molar-refractivity contribution in [3.05, 3.63) is 58.7 Å². The van der Waals surface area contributed by atoms with Crippen molar-refractivity contribution in [3.8, 4) is 17.1 Å². The maximum absolute atomic E-state index is 13.0. The summed E-state index contributed by atoms with van der Waals surface area (Å²) in [5, 5.41) is 9.48. The molecule has 0 radical (unpaired) electrons. The van der Waals surface area contributed by atoms with E-state index in [1.807, 2.05) is 32.0 Å². The van der Waals surface area contributed by atoms with E-state index in [1.54, 1.807) is 23.6 Å². The second-order valence-corrected chi connectivity index (χ2v) is 9.87. The predicted octanol–water partition coefficient (Wildman–Crippen LogP) is 5.91. The van der Waals surface area contributed by atoms with Gasteiger partial charge < -0.3 is 4.74 Å². The van der Waals surface area contributed by atoms with Crippen molar-refractivity contribution in [2.75, 3.05) is 10.7 Å². The molecule has 4 rings (SSSR count). The molecule has 0 N–H and O–H groups in total. The third-order valence-corrected chi connectivity index (χ3v) is 6.86. The summed E-state index contributed by atoms with van der Waals surface area (Å²) < 4.78 is 6.49. The van der Waals surface area contributed by atoms with Gasteiger partial charge >= 0.3 is 0 Å². The lowest BCUT2D eigenvalue weighted by atomic mass is 10.00. The summed E-state index contributed by atoms with van der Waals surface area (Å²) in [7, 11) is 0. The third kappa shape index (κ3) is 4.74. The summed E-state index contributed by atoms with van der Waals surface area (Å²) >= 11 is 1.56. The van der Waals surface area contributed by atoms with Crippen molar-refractivity contribution in [1.29, 1.82) is 0 Å². The van der Waals surface area contributed by atoms with Gasteiger partial charge in [0.25, 0.3) is 0 Å². The van der Waals surface area contributed by atoms with Crippen LogP contribution in [0.15, 0.2) is 41.6 Å². The van der Waals surface area contributed by atoms with Gasteiger partial charge in [-0.25, -0.2) is 0 Å². The predicted molar refractivity (Wildman–Crippen MR) is 133 cm³/mol. The molecule has 0 aliphatic carbocycles. The molecule has 0 unspecified atom stereocenters. The molecule has 0 saturated carbocycles. The normalized spacial score (nSPS) is 15.0. The smallest absolute Gasteiger partial charge is 0.247 e. The van der Waals surface area contributed by atoms with Crippen molar-refractivity contribution in [2.45, 2.75) is 59.3 Å². The first-order chi connectivity index (χ1) is 15.8. The molecule has 0 bridgehead atoms. The van der Waals surface area contributed by atoms with E-state index < -0.39 is 6.23 Å². The maximum Gasteiger partial charge on any atom is 0.247 e. The minimum absolute atomic E-state index is 0.108. The number of amides is 1. The minimum atomic E-state index is -0.658. The Bertz CT molecular complexity index is 1180. The van der Waals surface area contributed by atoms with Gasteiger partial charge in [0.1, 0.15) is 0 Å². The summed E-state index contributed by atoms with van der Waals surface area (Å²) in [6.45, 7) is 12.0. The fraction of sp³-hybridized carbons (Fsp3) is 0.385. The molecule has 1 aliphatic heterocycles. The van der Waals surface area contributed by atoms with Crippen molar-refractivity contribution in [1.82, 2.24) is 15.2 Å². The highest BCUT2D eigenvalue weighted by atomic mass is 32.2. The lowest BCUT2D eigenvalue weighted by Gasteiger charge is -2.31. The topological polar surface area (TPSA) is 68.2 Å². The molecule has 172 valence electrons. The van der Waals surface area contributed by atoms with Crippen LogP contribution in [0.3, 0.4) is 0 Å². The van der Waals surface area contributed by atoms with Gasteiger partial charge in [-0.1, -0.05) is 68.4 Å². The van der Waals surface area contributed by atoms with Crippen LogP contribution in [0, 0.1) is 19.8 Å². The maximum atomic E-state index is 13.0. The molecule has 2 aromatic carbocycles. The molecule has 2 heterocycles. The van der Waals surface area contributed by atoms with Gasteiger partial charge in [-0.15, -0.1) is 10.2 Å². The first-order valence-corrected chi connectivity index (χ1v) is 12.3. The van der Waals surface area contributed by atoms with E-state index in [9.17, 15) is 4.79 Å². The molecule has 1 atom stereocenters. The molecule has 7 heteroatoms. The number of hydrogen-bond donors (Lipinski definition) is 0. The van der Waals surface area contributed by atoms with Gasteiger partial charge in [0.2, 0.25) is 23.2 Å². The molecule has 0 saturated heterocycles. The molecule has 1 aliphatic rings. The quantitative estimate of drug-likeness (QED) is 0.439. The first-order valence-electron chi connectivity index (χ1n) is 11.3. The Hall–Kier alpha value is -2.93. The number of anilines is 1. The largest absolute Gasteiger partial charge is 0.447 e. The average molecular weight is 463 g/mol. The van der Waals surface area contributed by atoms with Crippen LogP contribution in [-0.4, -0.2) is 26.8 Å². The molecule has 33 heavy (non-hydrogen) atoms. The van der Waals surface area contributed by atoms with Gasteiger partial charge in [0.15, 0.2) is 5.69 Å². The Morgan fingerprint density at radius 3 is 2.52 bits per heavy atom. The number of ether oxygens (including phenoxy) is 1. The van der Waals surface area contributed by atoms with E-state index >= 15 is 0 Å². The van der Waals surface area contributed by atoms with Gasteiger partial charge in [-0.2, -0.15) is 4.98 Å². The van der Waals surface area contributed by atoms with Crippen LogP contribution < -0.4 is 9.64 Å². The Morgan fingerprint density at radius 2 is 1.88 bits per heavy atom. The van der Waals surface area contributed by atoms with E-state index in [1.165, 1.54) is 5.56 Å². The van der Waals surface area contributed by atoms with Crippen LogP contribution >= 0.6 is 11.8 Å². The average Bonchev–Trinajstić information content (AvgIpc) is 2.92. The number of aromatic nitrogens is 3. The van der Waals surface area contributed by atoms with Crippen LogP contribution in [0.1, 0.15) is 56.2 Å². The SMILES string of the molecule is CCc1ccc([C@@H]2Oc3nc(SCC(C)C)nnc3-c3cc(C)cc(C)c3N2C(C)=O)cc1. The van der Waals surface area contributed by atoms with E-state index in [0.717, 1.165) is 40.1 Å². The number of nitrogens with zero attached hydrogens (tertiary/aromatic N) is 4. The number of aryl methyl sites for hydroxylation is 3. The fourth-order valence-corrected chi connectivity index (χ4v) is 4.77. The molecular formula is C26H30N4O2S. The zero-order chi connectivity index (χ0) is 23.7. The van der Waals surface area contributed by atoms with Gasteiger partial charge in [-0.05, 0) is 43.4 Å². The number of carbonyl (C=O) groups is 1. The molecule has 1 aromatic heterocycles. The molecule has 0 spiro atoms. The van der Waals surface area contributed by atoms with Gasteiger partial charge in [-0.3, -0.25) is 9.69 Å². The van der Waals surface area contributed by atoms with Crippen LogP contribution in [0.5, 0.6) is 5.88 Å². The number of thioether (sulfide) groups is 1. The minimum Gasteiger partial charge on any atom is -0.447 e. The van der Waals surface area contributed by atoms with Crippen LogP contribution in [-0.2, 0) is 11.2 Å². The summed E-state index contributed by atoms with van der Waals surface area (Å²) in [5.74, 6) is 1.68. The first kappa shape index (κ1) is 23.2. The van der Waals surface area contributed by atoms with Crippen molar-refractivity contribution in [3.63, 3.8) is 0 Å². The zero-order valence-corrected chi connectivity index (χ0v) is 20.9. The number of benzene rings is 2. The van der Waals surface area contributed by atoms with Crippen LogP contribution in [0.25, 0.3) is 11.3 Å². The Labute approximate surface area is 199 Å². The van der Waals surface area contributed by atoms with E-state index in [0.29, 0.717) is 22.6 Å². The summed E-state index contributed by atoms with van der Waals surface area (Å²) in [5.41, 5.74) is 6.32. The lowest BCUT2D eigenvalue weighted by molar-refractivity contribution is -0.118. The van der Waals surface area contributed by atoms with Gasteiger partial charge in [0.05, 0.1) is 5.69 Å². The zero-order valence-electron chi connectivity index (χ0n) is 20.0. The molecule has 0 fully saturated rings. The summed E-state index contributed by atoms with van der Waals surface area (Å²) in [6.07, 6.45) is 0.286. The Balaban J connectivity index is 1.92. The second-order valence-electron chi connectivity index (χ2n) is 8.89.